The Bertz CT molecular complexity index is 643. The third-order valence-corrected chi connectivity index (χ3v) is 4.14. The highest BCUT2D eigenvalue weighted by Crippen LogP contribution is 2.21. The number of anilines is 1. The SMILES string of the molecule is O=C(Nc1ccc(O)cc1)[C@H]1CCCCN1Cc1ccccn1. The number of hydrogen-bond donors (Lipinski definition) is 2. The van der Waals surface area contributed by atoms with Crippen LogP contribution in [0.4, 0.5) is 5.69 Å². The molecule has 0 saturated carbocycles. The summed E-state index contributed by atoms with van der Waals surface area (Å²) in [5.41, 5.74) is 1.69. The number of rotatable bonds is 4. The summed E-state index contributed by atoms with van der Waals surface area (Å²) < 4.78 is 0. The van der Waals surface area contributed by atoms with Crippen LogP contribution in [0.2, 0.25) is 0 Å². The van der Waals surface area contributed by atoms with Gasteiger partial charge in [-0.3, -0.25) is 14.7 Å². The number of phenols is 1. The first-order valence-electron chi connectivity index (χ1n) is 7.96. The zero-order valence-electron chi connectivity index (χ0n) is 13.0. The second-order valence-corrected chi connectivity index (χ2v) is 5.84. The smallest absolute Gasteiger partial charge is 0.241 e. The molecule has 1 aliphatic heterocycles. The Balaban J connectivity index is 1.67. The van der Waals surface area contributed by atoms with Crippen LogP contribution in [0, 0.1) is 0 Å². The molecule has 1 saturated heterocycles. The van der Waals surface area contributed by atoms with Crippen molar-refractivity contribution >= 4 is 11.6 Å². The maximum absolute atomic E-state index is 12.6. The number of piperidine rings is 1. The van der Waals surface area contributed by atoms with Gasteiger partial charge in [0, 0.05) is 18.4 Å². The molecular weight excluding hydrogens is 290 g/mol. The third-order valence-electron chi connectivity index (χ3n) is 4.14. The summed E-state index contributed by atoms with van der Waals surface area (Å²) in [7, 11) is 0. The Morgan fingerprint density at radius 3 is 2.78 bits per heavy atom. The van der Waals surface area contributed by atoms with Crippen LogP contribution in [-0.4, -0.2) is 33.5 Å². The van der Waals surface area contributed by atoms with E-state index in [1.807, 2.05) is 18.2 Å². The minimum absolute atomic E-state index is 0.00585. The van der Waals surface area contributed by atoms with Gasteiger partial charge in [0.25, 0.3) is 0 Å². The molecule has 3 rings (SSSR count). The van der Waals surface area contributed by atoms with Crippen LogP contribution in [0.3, 0.4) is 0 Å². The van der Waals surface area contributed by atoms with E-state index in [0.717, 1.165) is 31.5 Å². The molecule has 0 aliphatic carbocycles. The molecule has 0 radical (unpaired) electrons. The second-order valence-electron chi connectivity index (χ2n) is 5.84. The molecule has 5 nitrogen and oxygen atoms in total. The predicted octanol–water partition coefficient (Wildman–Crippen LogP) is 2.78. The molecule has 0 spiro atoms. The van der Waals surface area contributed by atoms with Crippen molar-refractivity contribution in [3.05, 3.63) is 54.4 Å². The lowest BCUT2D eigenvalue weighted by Crippen LogP contribution is -2.46. The number of aromatic nitrogens is 1. The number of carbonyl (C=O) groups is 1. The molecule has 1 atom stereocenters. The molecule has 23 heavy (non-hydrogen) atoms. The average Bonchev–Trinajstić information content (AvgIpc) is 2.58. The van der Waals surface area contributed by atoms with Crippen molar-refractivity contribution in [3.63, 3.8) is 0 Å². The van der Waals surface area contributed by atoms with E-state index in [1.165, 1.54) is 0 Å². The Labute approximate surface area is 136 Å². The molecule has 120 valence electrons. The minimum Gasteiger partial charge on any atom is -0.508 e. The van der Waals surface area contributed by atoms with Gasteiger partial charge >= 0.3 is 0 Å². The number of amides is 1. The summed E-state index contributed by atoms with van der Waals surface area (Å²) in [4.78, 5) is 19.2. The number of aromatic hydroxyl groups is 1. The van der Waals surface area contributed by atoms with Gasteiger partial charge in [0.05, 0.1) is 11.7 Å². The van der Waals surface area contributed by atoms with Crippen molar-refractivity contribution in [1.29, 1.82) is 0 Å². The zero-order chi connectivity index (χ0) is 16.1. The summed E-state index contributed by atoms with van der Waals surface area (Å²) in [5.74, 6) is 0.198. The normalized spacial score (nSPS) is 18.5. The van der Waals surface area contributed by atoms with Gasteiger partial charge in [-0.1, -0.05) is 12.5 Å². The highest BCUT2D eigenvalue weighted by atomic mass is 16.3. The van der Waals surface area contributed by atoms with Crippen LogP contribution in [0.15, 0.2) is 48.7 Å². The minimum atomic E-state index is -0.139. The number of nitrogens with zero attached hydrogens (tertiary/aromatic N) is 2. The standard InChI is InChI=1S/C18H21N3O2/c22-16-9-7-14(8-10-16)20-18(23)17-6-2-4-12-21(17)13-15-5-1-3-11-19-15/h1,3,5,7-11,17,22H,2,4,6,12-13H2,(H,20,23)/t17-/m1/s1. The van der Waals surface area contributed by atoms with Gasteiger partial charge in [0.1, 0.15) is 5.75 Å². The number of carbonyl (C=O) groups excluding carboxylic acids is 1. The molecule has 2 N–H and O–H groups in total. The van der Waals surface area contributed by atoms with Gasteiger partial charge in [0.2, 0.25) is 5.91 Å². The summed E-state index contributed by atoms with van der Waals surface area (Å²) in [6.07, 6.45) is 4.81. The molecule has 1 aliphatic rings. The quantitative estimate of drug-likeness (QED) is 0.852. The fourth-order valence-electron chi connectivity index (χ4n) is 2.95. The highest BCUT2D eigenvalue weighted by Gasteiger charge is 2.28. The van der Waals surface area contributed by atoms with Crippen LogP contribution in [0.5, 0.6) is 5.75 Å². The molecule has 1 aromatic carbocycles. The fourth-order valence-corrected chi connectivity index (χ4v) is 2.95. The topological polar surface area (TPSA) is 65.5 Å². The Morgan fingerprint density at radius 1 is 1.22 bits per heavy atom. The second kappa shape index (κ2) is 7.24. The summed E-state index contributed by atoms with van der Waals surface area (Å²) >= 11 is 0. The van der Waals surface area contributed by atoms with E-state index >= 15 is 0 Å². The van der Waals surface area contributed by atoms with Gasteiger partial charge in [-0.2, -0.15) is 0 Å². The largest absolute Gasteiger partial charge is 0.508 e. The van der Waals surface area contributed by atoms with Gasteiger partial charge in [-0.15, -0.1) is 0 Å². The molecular formula is C18H21N3O2. The maximum atomic E-state index is 12.6. The van der Waals surface area contributed by atoms with E-state index in [1.54, 1.807) is 30.5 Å². The van der Waals surface area contributed by atoms with E-state index in [9.17, 15) is 9.90 Å². The molecule has 5 heteroatoms. The molecule has 0 bridgehead atoms. The average molecular weight is 311 g/mol. The lowest BCUT2D eigenvalue weighted by Gasteiger charge is -2.34. The Kier molecular flexibility index (Phi) is 4.88. The summed E-state index contributed by atoms with van der Waals surface area (Å²) in [6.45, 7) is 1.60. The van der Waals surface area contributed by atoms with Crippen molar-refractivity contribution < 1.29 is 9.90 Å². The first-order valence-corrected chi connectivity index (χ1v) is 7.96. The van der Waals surface area contributed by atoms with Crippen LogP contribution >= 0.6 is 0 Å². The lowest BCUT2D eigenvalue weighted by atomic mass is 10.0. The number of benzene rings is 1. The number of hydrogen-bond acceptors (Lipinski definition) is 4. The lowest BCUT2D eigenvalue weighted by molar-refractivity contribution is -0.122. The molecule has 1 fully saturated rings. The molecule has 2 heterocycles. The molecule has 0 unspecified atom stereocenters. The monoisotopic (exact) mass is 311 g/mol. The fraction of sp³-hybridized carbons (Fsp3) is 0.333. The Hall–Kier alpha value is -2.40. The van der Waals surface area contributed by atoms with Crippen molar-refractivity contribution in [2.24, 2.45) is 0 Å². The van der Waals surface area contributed by atoms with Crippen molar-refractivity contribution in [1.82, 2.24) is 9.88 Å². The number of nitrogens with one attached hydrogen (secondary N) is 1. The van der Waals surface area contributed by atoms with Crippen molar-refractivity contribution in [2.45, 2.75) is 31.8 Å². The van der Waals surface area contributed by atoms with Crippen LogP contribution < -0.4 is 5.32 Å². The molecule has 2 aromatic rings. The van der Waals surface area contributed by atoms with Crippen LogP contribution in [0.1, 0.15) is 25.0 Å². The Morgan fingerprint density at radius 2 is 2.04 bits per heavy atom. The third kappa shape index (κ3) is 4.07. The van der Waals surface area contributed by atoms with Crippen LogP contribution in [-0.2, 0) is 11.3 Å². The van der Waals surface area contributed by atoms with Gasteiger partial charge in [0.15, 0.2) is 0 Å². The number of pyridine rings is 1. The van der Waals surface area contributed by atoms with Crippen LogP contribution in [0.25, 0.3) is 0 Å². The van der Waals surface area contributed by atoms with E-state index in [4.69, 9.17) is 0 Å². The number of likely N-dealkylation sites (tertiary alicyclic amines) is 1. The van der Waals surface area contributed by atoms with Crippen molar-refractivity contribution in [2.75, 3.05) is 11.9 Å². The summed E-state index contributed by atoms with van der Waals surface area (Å²) in [6, 6.07) is 12.3. The van der Waals surface area contributed by atoms with E-state index < -0.39 is 0 Å². The van der Waals surface area contributed by atoms with E-state index in [2.05, 4.69) is 15.2 Å². The maximum Gasteiger partial charge on any atom is 0.241 e. The van der Waals surface area contributed by atoms with Crippen molar-refractivity contribution in [3.8, 4) is 5.75 Å². The first-order chi connectivity index (χ1) is 11.2. The van der Waals surface area contributed by atoms with Gasteiger partial charge in [-0.25, -0.2) is 0 Å². The predicted molar refractivity (Wildman–Crippen MR) is 89.0 cm³/mol. The van der Waals surface area contributed by atoms with Gasteiger partial charge < -0.3 is 10.4 Å². The molecule has 1 amide bonds. The number of phenolic OH excluding ortho intramolecular Hbond substituents is 1. The first kappa shape index (κ1) is 15.5. The van der Waals surface area contributed by atoms with Gasteiger partial charge in [-0.05, 0) is 55.8 Å². The van der Waals surface area contributed by atoms with E-state index in [-0.39, 0.29) is 17.7 Å². The zero-order valence-corrected chi connectivity index (χ0v) is 13.0. The highest BCUT2D eigenvalue weighted by molar-refractivity contribution is 5.94. The molecule has 1 aromatic heterocycles. The summed E-state index contributed by atoms with van der Waals surface area (Å²) in [5, 5.41) is 12.3. The van der Waals surface area contributed by atoms with E-state index in [0.29, 0.717) is 12.2 Å².